The topological polar surface area (TPSA) is 113 Å². The molecule has 1 rings (SSSR count). The first kappa shape index (κ1) is 16.6. The third-order valence-electron chi connectivity index (χ3n) is 2.48. The zero-order chi connectivity index (χ0) is 15.6. The van der Waals surface area contributed by atoms with Gasteiger partial charge in [0, 0.05) is 19.8 Å². The molecular formula is C11H19N3O5S. The van der Waals surface area contributed by atoms with Crippen LogP contribution in [0.5, 0.6) is 0 Å². The monoisotopic (exact) mass is 305 g/mol. The molecule has 114 valence electrons. The van der Waals surface area contributed by atoms with E-state index in [1.54, 1.807) is 0 Å². The zero-order valence-corrected chi connectivity index (χ0v) is 12.5. The summed E-state index contributed by atoms with van der Waals surface area (Å²) in [7, 11) is -2.38. The van der Waals surface area contributed by atoms with Gasteiger partial charge in [0.05, 0.1) is 24.8 Å². The molecule has 2 N–H and O–H groups in total. The average Bonchev–Trinajstić information content (AvgIpc) is 2.72. The molecule has 1 heterocycles. The van der Waals surface area contributed by atoms with Crippen molar-refractivity contribution in [2.24, 2.45) is 0 Å². The van der Waals surface area contributed by atoms with Crippen molar-refractivity contribution in [1.29, 1.82) is 0 Å². The fraction of sp³-hybridized carbons (Fsp3) is 0.636. The molecule has 0 fully saturated rings. The van der Waals surface area contributed by atoms with Gasteiger partial charge in [-0.05, 0) is 13.8 Å². The van der Waals surface area contributed by atoms with Crippen molar-refractivity contribution in [3.63, 3.8) is 0 Å². The van der Waals surface area contributed by atoms with Crippen LogP contribution in [0.3, 0.4) is 0 Å². The van der Waals surface area contributed by atoms with Gasteiger partial charge in [0.15, 0.2) is 0 Å². The zero-order valence-electron chi connectivity index (χ0n) is 11.6. The molecule has 1 aromatic heterocycles. The second-order valence-electron chi connectivity index (χ2n) is 5.16. The molecule has 0 aromatic carbocycles. The normalized spacial score (nSPS) is 12.8. The highest BCUT2D eigenvalue weighted by Crippen LogP contribution is 2.16. The number of aliphatic carboxylic acids is 1. The number of nitrogens with zero attached hydrogens (tertiary/aromatic N) is 3. The summed E-state index contributed by atoms with van der Waals surface area (Å²) >= 11 is 0. The minimum atomic E-state index is -3.75. The largest absolute Gasteiger partial charge is 0.481 e. The number of aromatic nitrogens is 2. The van der Waals surface area contributed by atoms with Crippen LogP contribution in [0.1, 0.15) is 20.3 Å². The lowest BCUT2D eigenvalue weighted by atomic mass is 10.1. The Balaban J connectivity index is 2.85. The highest BCUT2D eigenvalue weighted by molar-refractivity contribution is 7.89. The van der Waals surface area contributed by atoms with E-state index < -0.39 is 21.6 Å². The maximum Gasteiger partial charge on any atom is 0.305 e. The van der Waals surface area contributed by atoms with Crippen LogP contribution >= 0.6 is 0 Å². The molecule has 1 aromatic rings. The molecule has 0 aliphatic heterocycles. The van der Waals surface area contributed by atoms with Crippen molar-refractivity contribution in [2.45, 2.75) is 37.3 Å². The van der Waals surface area contributed by atoms with Gasteiger partial charge in [0.1, 0.15) is 4.90 Å². The van der Waals surface area contributed by atoms with Crippen molar-refractivity contribution in [3.05, 3.63) is 12.4 Å². The van der Waals surface area contributed by atoms with E-state index >= 15 is 0 Å². The van der Waals surface area contributed by atoms with Crippen LogP contribution in [0.4, 0.5) is 0 Å². The third kappa shape index (κ3) is 4.58. The summed E-state index contributed by atoms with van der Waals surface area (Å²) in [5.74, 6) is -0.982. The summed E-state index contributed by atoms with van der Waals surface area (Å²) in [5.41, 5.74) is -1.15. The van der Waals surface area contributed by atoms with Crippen molar-refractivity contribution in [1.82, 2.24) is 14.1 Å². The molecule has 0 radical (unpaired) electrons. The van der Waals surface area contributed by atoms with Gasteiger partial charge in [-0.2, -0.15) is 9.40 Å². The molecule has 0 bridgehead atoms. The summed E-state index contributed by atoms with van der Waals surface area (Å²) < 4.78 is 26.7. The van der Waals surface area contributed by atoms with Gasteiger partial charge >= 0.3 is 5.97 Å². The molecule has 0 aliphatic rings. The Morgan fingerprint density at radius 1 is 1.50 bits per heavy atom. The number of carbonyl (C=O) groups is 1. The number of rotatable bonds is 7. The lowest BCUT2D eigenvalue weighted by Crippen LogP contribution is -2.39. The van der Waals surface area contributed by atoms with Gasteiger partial charge in [-0.3, -0.25) is 9.48 Å². The predicted octanol–water partition coefficient (Wildman–Crippen LogP) is -0.251. The van der Waals surface area contributed by atoms with E-state index in [9.17, 15) is 18.3 Å². The molecule has 9 heteroatoms. The Bertz CT molecular complexity index is 573. The van der Waals surface area contributed by atoms with Crippen LogP contribution in [0.25, 0.3) is 0 Å². The van der Waals surface area contributed by atoms with Crippen LogP contribution in [-0.4, -0.2) is 57.9 Å². The quantitative estimate of drug-likeness (QED) is 0.718. The first-order valence-electron chi connectivity index (χ1n) is 5.95. The Labute approximate surface area is 117 Å². The minimum Gasteiger partial charge on any atom is -0.481 e. The number of carboxylic acid groups (broad SMARTS) is 1. The SMILES string of the molecule is CN(CC(C)(C)O)S(=O)(=O)c1cnn(CCC(=O)O)c1. The molecule has 0 aliphatic carbocycles. The smallest absolute Gasteiger partial charge is 0.305 e. The predicted molar refractivity (Wildman–Crippen MR) is 70.6 cm³/mol. The van der Waals surface area contributed by atoms with Gasteiger partial charge in [0.25, 0.3) is 0 Å². The number of likely N-dealkylation sites (N-methyl/N-ethyl adjacent to an activating group) is 1. The van der Waals surface area contributed by atoms with Crippen molar-refractivity contribution in [2.75, 3.05) is 13.6 Å². The number of hydrogen-bond donors (Lipinski definition) is 2. The van der Waals surface area contributed by atoms with Gasteiger partial charge in [0.2, 0.25) is 10.0 Å². The van der Waals surface area contributed by atoms with E-state index in [0.717, 1.165) is 10.5 Å². The fourth-order valence-corrected chi connectivity index (χ4v) is 2.90. The summed E-state index contributed by atoms with van der Waals surface area (Å²) in [5, 5.41) is 22.0. The number of carboxylic acids is 1. The molecule has 8 nitrogen and oxygen atoms in total. The van der Waals surface area contributed by atoms with Crippen LogP contribution in [0.15, 0.2) is 17.3 Å². The van der Waals surface area contributed by atoms with E-state index in [4.69, 9.17) is 5.11 Å². The number of aryl methyl sites for hydroxylation is 1. The van der Waals surface area contributed by atoms with Crippen LogP contribution in [0, 0.1) is 0 Å². The molecule has 20 heavy (non-hydrogen) atoms. The first-order chi connectivity index (χ1) is 9.02. The summed E-state index contributed by atoms with van der Waals surface area (Å²) in [4.78, 5) is 10.4. The number of sulfonamides is 1. The lowest BCUT2D eigenvalue weighted by molar-refractivity contribution is -0.137. The molecule has 0 unspecified atom stereocenters. The maximum atomic E-state index is 12.2. The van der Waals surface area contributed by atoms with Crippen molar-refractivity contribution in [3.8, 4) is 0 Å². The summed E-state index contributed by atoms with van der Waals surface area (Å²) in [6.45, 7) is 3.06. The van der Waals surface area contributed by atoms with Crippen molar-refractivity contribution < 1.29 is 23.4 Å². The summed E-state index contributed by atoms with van der Waals surface area (Å²) in [6, 6.07) is 0. The molecule has 0 spiro atoms. The third-order valence-corrected chi connectivity index (χ3v) is 4.24. The number of aliphatic hydroxyl groups is 1. The Hall–Kier alpha value is -1.45. The second-order valence-corrected chi connectivity index (χ2v) is 7.20. The lowest BCUT2D eigenvalue weighted by Gasteiger charge is -2.24. The minimum absolute atomic E-state index is 0.0327. The molecule has 0 atom stereocenters. The van der Waals surface area contributed by atoms with Crippen LogP contribution in [0.2, 0.25) is 0 Å². The highest BCUT2D eigenvalue weighted by Gasteiger charge is 2.27. The highest BCUT2D eigenvalue weighted by atomic mass is 32.2. The van der Waals surface area contributed by atoms with E-state index in [-0.39, 0.29) is 24.4 Å². The Morgan fingerprint density at radius 2 is 2.10 bits per heavy atom. The first-order valence-corrected chi connectivity index (χ1v) is 7.39. The molecule has 0 saturated heterocycles. The second kappa shape index (κ2) is 5.90. The van der Waals surface area contributed by atoms with Gasteiger partial charge in [-0.15, -0.1) is 0 Å². The van der Waals surface area contributed by atoms with E-state index in [0.29, 0.717) is 0 Å². The fourth-order valence-electron chi connectivity index (χ4n) is 1.62. The Morgan fingerprint density at radius 3 is 2.60 bits per heavy atom. The van der Waals surface area contributed by atoms with E-state index in [1.165, 1.54) is 31.8 Å². The Kier molecular flexibility index (Phi) is 4.90. The van der Waals surface area contributed by atoms with E-state index in [1.807, 2.05) is 0 Å². The van der Waals surface area contributed by atoms with Crippen LogP contribution in [-0.2, 0) is 21.4 Å². The molecular weight excluding hydrogens is 286 g/mol. The van der Waals surface area contributed by atoms with Crippen molar-refractivity contribution >= 4 is 16.0 Å². The number of hydrogen-bond acceptors (Lipinski definition) is 5. The molecule has 0 saturated carbocycles. The van der Waals surface area contributed by atoms with Gasteiger partial charge < -0.3 is 10.2 Å². The van der Waals surface area contributed by atoms with E-state index in [2.05, 4.69) is 5.10 Å². The average molecular weight is 305 g/mol. The van der Waals surface area contributed by atoms with Gasteiger partial charge in [-0.1, -0.05) is 0 Å². The molecule has 0 amide bonds. The maximum absolute atomic E-state index is 12.2. The van der Waals surface area contributed by atoms with Crippen LogP contribution < -0.4 is 0 Å². The standard InChI is InChI=1S/C11H19N3O5S/c1-11(2,17)8-13(3)20(18,19)9-6-12-14(7-9)5-4-10(15)16/h6-7,17H,4-5,8H2,1-3H3,(H,15,16). The van der Waals surface area contributed by atoms with Gasteiger partial charge in [-0.25, -0.2) is 8.42 Å². The summed E-state index contributed by atoms with van der Waals surface area (Å²) in [6.07, 6.45) is 2.30.